The lowest BCUT2D eigenvalue weighted by Crippen LogP contribution is -2.35. The second-order valence-electron chi connectivity index (χ2n) is 5.23. The number of hydrogen-bond donors (Lipinski definition) is 1. The topological polar surface area (TPSA) is 59.8 Å². The van der Waals surface area contributed by atoms with E-state index < -0.39 is 0 Å². The molecule has 1 N–H and O–H groups in total. The summed E-state index contributed by atoms with van der Waals surface area (Å²) in [4.78, 5) is 11.9. The van der Waals surface area contributed by atoms with Gasteiger partial charge in [0.2, 0.25) is 5.91 Å². The van der Waals surface area contributed by atoms with Gasteiger partial charge in [-0.2, -0.15) is 0 Å². The number of carbonyl (C=O) groups is 1. The number of rotatable bonds is 6. The molecule has 0 radical (unpaired) electrons. The molecule has 20 heavy (non-hydrogen) atoms. The smallest absolute Gasteiger partial charge is 0.230 e. The highest BCUT2D eigenvalue weighted by atomic mass is 32.2. The standard InChI is InChI=1S/C14H24N4OS/c1-3-11(4-2)15-13(19)10-20-14-17-16-12-8-6-5-7-9-18(12)14/h11H,3-10H2,1-2H3,(H,15,19). The van der Waals surface area contributed by atoms with Crippen LogP contribution in [0.1, 0.15) is 51.8 Å². The zero-order valence-electron chi connectivity index (χ0n) is 12.4. The van der Waals surface area contributed by atoms with E-state index >= 15 is 0 Å². The molecule has 0 unspecified atom stereocenters. The number of thioether (sulfide) groups is 1. The summed E-state index contributed by atoms with van der Waals surface area (Å²) in [5.41, 5.74) is 0. The summed E-state index contributed by atoms with van der Waals surface area (Å²) in [5, 5.41) is 12.4. The zero-order valence-corrected chi connectivity index (χ0v) is 13.2. The third kappa shape index (κ3) is 3.98. The first kappa shape index (κ1) is 15.4. The van der Waals surface area contributed by atoms with Gasteiger partial charge < -0.3 is 9.88 Å². The SMILES string of the molecule is CCC(CC)NC(=O)CSc1nnc2n1CCCCC2. The summed E-state index contributed by atoms with van der Waals surface area (Å²) in [6.45, 7) is 5.18. The maximum Gasteiger partial charge on any atom is 0.230 e. The van der Waals surface area contributed by atoms with E-state index in [-0.39, 0.29) is 5.91 Å². The summed E-state index contributed by atoms with van der Waals surface area (Å²) in [6.07, 6.45) is 6.59. The molecule has 1 aromatic rings. The van der Waals surface area contributed by atoms with Crippen LogP contribution in [0.15, 0.2) is 5.16 Å². The van der Waals surface area contributed by atoms with E-state index in [1.54, 1.807) is 0 Å². The maximum absolute atomic E-state index is 11.9. The van der Waals surface area contributed by atoms with E-state index in [0.717, 1.165) is 36.8 Å². The molecule has 2 rings (SSSR count). The van der Waals surface area contributed by atoms with Crippen LogP contribution in [0.5, 0.6) is 0 Å². The van der Waals surface area contributed by atoms with Gasteiger partial charge in [-0.1, -0.05) is 32.0 Å². The summed E-state index contributed by atoms with van der Waals surface area (Å²) >= 11 is 1.50. The Morgan fingerprint density at radius 2 is 2.10 bits per heavy atom. The Kier molecular flexibility index (Phi) is 5.88. The Hall–Kier alpha value is -1.04. The molecule has 0 saturated heterocycles. The van der Waals surface area contributed by atoms with Crippen molar-refractivity contribution in [1.29, 1.82) is 0 Å². The molecule has 112 valence electrons. The molecule has 0 atom stereocenters. The van der Waals surface area contributed by atoms with Crippen molar-refractivity contribution in [3.8, 4) is 0 Å². The van der Waals surface area contributed by atoms with Crippen LogP contribution in [0, 0.1) is 0 Å². The second kappa shape index (κ2) is 7.67. The van der Waals surface area contributed by atoms with Crippen molar-refractivity contribution in [3.05, 3.63) is 5.82 Å². The molecule has 1 aromatic heterocycles. The Morgan fingerprint density at radius 3 is 2.85 bits per heavy atom. The van der Waals surface area contributed by atoms with Crippen LogP contribution in [0.4, 0.5) is 0 Å². The number of fused-ring (bicyclic) bond motifs is 1. The number of amides is 1. The molecule has 6 heteroatoms. The van der Waals surface area contributed by atoms with Gasteiger partial charge in [-0.05, 0) is 25.7 Å². The highest BCUT2D eigenvalue weighted by molar-refractivity contribution is 7.99. The molecule has 1 aliphatic heterocycles. The highest BCUT2D eigenvalue weighted by Crippen LogP contribution is 2.21. The molecule has 0 fully saturated rings. The fourth-order valence-electron chi connectivity index (χ4n) is 2.46. The minimum absolute atomic E-state index is 0.0923. The summed E-state index contributed by atoms with van der Waals surface area (Å²) < 4.78 is 2.18. The average molecular weight is 296 g/mol. The van der Waals surface area contributed by atoms with Crippen molar-refractivity contribution in [2.24, 2.45) is 0 Å². The van der Waals surface area contributed by atoms with E-state index in [9.17, 15) is 4.79 Å². The molecular weight excluding hydrogens is 272 g/mol. The fraction of sp³-hybridized carbons (Fsp3) is 0.786. The van der Waals surface area contributed by atoms with Gasteiger partial charge in [-0.15, -0.1) is 10.2 Å². The molecule has 5 nitrogen and oxygen atoms in total. The van der Waals surface area contributed by atoms with Crippen LogP contribution < -0.4 is 5.32 Å². The maximum atomic E-state index is 11.9. The van der Waals surface area contributed by atoms with Crippen LogP contribution in [0.25, 0.3) is 0 Å². The Balaban J connectivity index is 1.88. The van der Waals surface area contributed by atoms with Crippen molar-refractivity contribution in [2.45, 2.75) is 70.1 Å². The minimum Gasteiger partial charge on any atom is -0.353 e. The lowest BCUT2D eigenvalue weighted by atomic mass is 10.2. The highest BCUT2D eigenvalue weighted by Gasteiger charge is 2.16. The quantitative estimate of drug-likeness (QED) is 0.819. The Bertz CT molecular complexity index is 442. The first-order chi connectivity index (χ1) is 9.74. The van der Waals surface area contributed by atoms with Crippen molar-refractivity contribution in [1.82, 2.24) is 20.1 Å². The van der Waals surface area contributed by atoms with Crippen LogP contribution in [0.2, 0.25) is 0 Å². The molecular formula is C14H24N4OS. The molecule has 0 saturated carbocycles. The number of carbonyl (C=O) groups excluding carboxylic acids is 1. The van der Waals surface area contributed by atoms with Crippen LogP contribution in [-0.2, 0) is 17.8 Å². The van der Waals surface area contributed by atoms with E-state index in [2.05, 4.69) is 33.9 Å². The minimum atomic E-state index is 0.0923. The Morgan fingerprint density at radius 1 is 1.30 bits per heavy atom. The third-order valence-corrected chi connectivity index (χ3v) is 4.73. The molecule has 0 aromatic carbocycles. The summed E-state index contributed by atoms with van der Waals surface area (Å²) in [7, 11) is 0. The number of aryl methyl sites for hydroxylation is 1. The molecule has 2 heterocycles. The van der Waals surface area contributed by atoms with Crippen LogP contribution >= 0.6 is 11.8 Å². The van der Waals surface area contributed by atoms with Gasteiger partial charge in [-0.3, -0.25) is 4.79 Å². The predicted octanol–water partition coefficient (Wildman–Crippen LogP) is 2.40. The van der Waals surface area contributed by atoms with Crippen LogP contribution in [0.3, 0.4) is 0 Å². The number of nitrogens with one attached hydrogen (secondary N) is 1. The second-order valence-corrected chi connectivity index (χ2v) is 6.17. The Labute approximate surface area is 124 Å². The number of hydrogen-bond acceptors (Lipinski definition) is 4. The largest absolute Gasteiger partial charge is 0.353 e. The van der Waals surface area contributed by atoms with Gasteiger partial charge >= 0.3 is 0 Å². The van der Waals surface area contributed by atoms with Crippen molar-refractivity contribution in [3.63, 3.8) is 0 Å². The van der Waals surface area contributed by atoms with Gasteiger partial charge in [0.05, 0.1) is 5.75 Å². The van der Waals surface area contributed by atoms with E-state index in [4.69, 9.17) is 0 Å². The fourth-order valence-corrected chi connectivity index (χ4v) is 3.25. The molecule has 0 bridgehead atoms. The number of aromatic nitrogens is 3. The molecule has 1 amide bonds. The lowest BCUT2D eigenvalue weighted by molar-refractivity contribution is -0.119. The van der Waals surface area contributed by atoms with Gasteiger partial charge in [0.1, 0.15) is 5.82 Å². The van der Waals surface area contributed by atoms with Gasteiger partial charge in [-0.25, -0.2) is 0 Å². The molecule has 0 spiro atoms. The summed E-state index contributed by atoms with van der Waals surface area (Å²) in [5.74, 6) is 1.59. The lowest BCUT2D eigenvalue weighted by Gasteiger charge is -2.14. The summed E-state index contributed by atoms with van der Waals surface area (Å²) in [6, 6.07) is 0.290. The van der Waals surface area contributed by atoms with Gasteiger partial charge in [0, 0.05) is 19.0 Å². The normalized spacial score (nSPS) is 14.9. The first-order valence-corrected chi connectivity index (χ1v) is 8.57. The molecule has 1 aliphatic rings. The van der Waals surface area contributed by atoms with E-state index in [1.165, 1.54) is 31.0 Å². The van der Waals surface area contributed by atoms with E-state index in [0.29, 0.717) is 11.8 Å². The first-order valence-electron chi connectivity index (χ1n) is 7.58. The van der Waals surface area contributed by atoms with Crippen molar-refractivity contribution < 1.29 is 4.79 Å². The van der Waals surface area contributed by atoms with E-state index in [1.807, 2.05) is 0 Å². The average Bonchev–Trinajstić information content (AvgIpc) is 2.69. The monoisotopic (exact) mass is 296 g/mol. The van der Waals surface area contributed by atoms with Gasteiger partial charge in [0.25, 0.3) is 0 Å². The zero-order chi connectivity index (χ0) is 14.4. The van der Waals surface area contributed by atoms with Crippen molar-refractivity contribution >= 4 is 17.7 Å². The predicted molar refractivity (Wildman–Crippen MR) is 80.8 cm³/mol. The molecule has 0 aliphatic carbocycles. The van der Waals surface area contributed by atoms with Crippen LogP contribution in [-0.4, -0.2) is 32.5 Å². The third-order valence-electron chi connectivity index (χ3n) is 3.76. The van der Waals surface area contributed by atoms with Gasteiger partial charge in [0.15, 0.2) is 5.16 Å². The van der Waals surface area contributed by atoms with Crippen molar-refractivity contribution in [2.75, 3.05) is 5.75 Å². The number of nitrogens with zero attached hydrogens (tertiary/aromatic N) is 3.